The highest BCUT2D eigenvalue weighted by atomic mass is 32.2. The zero-order valence-corrected chi connectivity index (χ0v) is 12.7. The van der Waals surface area contributed by atoms with Gasteiger partial charge in [-0.05, 0) is 12.8 Å². The molecular formula is C16H30OS. The summed E-state index contributed by atoms with van der Waals surface area (Å²) in [5, 5.41) is 0.430. The Morgan fingerprint density at radius 1 is 0.556 bits per heavy atom. The van der Waals surface area contributed by atoms with E-state index < -0.39 is 0 Å². The predicted molar refractivity (Wildman–Crippen MR) is 82.1 cm³/mol. The van der Waals surface area contributed by atoms with Crippen LogP contribution in [0.2, 0.25) is 0 Å². The largest absolute Gasteiger partial charge is 0.287 e. The molecule has 1 rings (SSSR count). The summed E-state index contributed by atoms with van der Waals surface area (Å²) >= 11 is 1.58. The summed E-state index contributed by atoms with van der Waals surface area (Å²) in [4.78, 5) is 11.6. The molecule has 18 heavy (non-hydrogen) atoms. The number of carbonyl (C=O) groups is 1. The van der Waals surface area contributed by atoms with E-state index in [4.69, 9.17) is 0 Å². The fourth-order valence-corrected chi connectivity index (χ4v) is 3.44. The summed E-state index contributed by atoms with van der Waals surface area (Å²) in [6.07, 6.45) is 18.3. The maximum Gasteiger partial charge on any atom is 0.188 e. The van der Waals surface area contributed by atoms with Gasteiger partial charge in [0.15, 0.2) is 5.12 Å². The minimum Gasteiger partial charge on any atom is -0.287 e. The first-order valence-corrected chi connectivity index (χ1v) is 9.04. The SMILES string of the molecule is O=C1CCCCCCCCCCCCCCCS1. The highest BCUT2D eigenvalue weighted by Crippen LogP contribution is 2.17. The van der Waals surface area contributed by atoms with Crippen LogP contribution >= 0.6 is 11.8 Å². The van der Waals surface area contributed by atoms with Crippen molar-refractivity contribution in [2.75, 3.05) is 5.75 Å². The average molecular weight is 270 g/mol. The van der Waals surface area contributed by atoms with Crippen molar-refractivity contribution < 1.29 is 4.79 Å². The van der Waals surface area contributed by atoms with E-state index in [2.05, 4.69) is 0 Å². The smallest absolute Gasteiger partial charge is 0.188 e. The van der Waals surface area contributed by atoms with Crippen molar-refractivity contribution in [3.63, 3.8) is 0 Å². The quantitative estimate of drug-likeness (QED) is 0.560. The van der Waals surface area contributed by atoms with Gasteiger partial charge < -0.3 is 0 Å². The Balaban J connectivity index is 2.11. The zero-order chi connectivity index (χ0) is 12.9. The summed E-state index contributed by atoms with van der Waals surface area (Å²) in [6.45, 7) is 0. The molecule has 106 valence electrons. The van der Waals surface area contributed by atoms with Gasteiger partial charge in [0.05, 0.1) is 0 Å². The third kappa shape index (κ3) is 9.99. The van der Waals surface area contributed by atoms with Gasteiger partial charge in [0.25, 0.3) is 0 Å². The molecule has 0 spiro atoms. The van der Waals surface area contributed by atoms with E-state index in [9.17, 15) is 4.79 Å². The van der Waals surface area contributed by atoms with Gasteiger partial charge in [-0.2, -0.15) is 0 Å². The van der Waals surface area contributed by atoms with Crippen LogP contribution in [0.4, 0.5) is 0 Å². The Kier molecular flexibility index (Phi) is 10.8. The van der Waals surface area contributed by atoms with Crippen molar-refractivity contribution in [3.8, 4) is 0 Å². The van der Waals surface area contributed by atoms with E-state index in [1.807, 2.05) is 0 Å². The number of thioether (sulfide) groups is 1. The highest BCUT2D eigenvalue weighted by Gasteiger charge is 2.03. The molecule has 0 bridgehead atoms. The van der Waals surface area contributed by atoms with E-state index >= 15 is 0 Å². The summed E-state index contributed by atoms with van der Waals surface area (Å²) in [5.74, 6) is 1.05. The second kappa shape index (κ2) is 12.1. The van der Waals surface area contributed by atoms with Gasteiger partial charge in [-0.3, -0.25) is 4.79 Å². The first-order chi connectivity index (χ1) is 8.89. The van der Waals surface area contributed by atoms with Crippen LogP contribution in [0.25, 0.3) is 0 Å². The summed E-state index contributed by atoms with van der Waals surface area (Å²) < 4.78 is 0. The first kappa shape index (κ1) is 16.1. The average Bonchev–Trinajstić information content (AvgIpc) is 2.37. The minimum absolute atomic E-state index is 0.430. The predicted octanol–water partition coefficient (Wildman–Crippen LogP) is 5.72. The van der Waals surface area contributed by atoms with Crippen molar-refractivity contribution in [2.24, 2.45) is 0 Å². The van der Waals surface area contributed by atoms with Gasteiger partial charge in [0.1, 0.15) is 0 Å². The molecule has 0 amide bonds. The normalized spacial score (nSPS) is 23.4. The summed E-state index contributed by atoms with van der Waals surface area (Å²) in [5.41, 5.74) is 0. The van der Waals surface area contributed by atoms with Gasteiger partial charge >= 0.3 is 0 Å². The molecule has 0 N–H and O–H groups in total. The Labute approximate surface area is 117 Å². The van der Waals surface area contributed by atoms with Crippen LogP contribution in [-0.2, 0) is 4.79 Å². The molecule has 0 saturated carbocycles. The topological polar surface area (TPSA) is 17.1 Å². The molecule has 1 fully saturated rings. The molecule has 0 aromatic rings. The van der Waals surface area contributed by atoms with Gasteiger partial charge in [0, 0.05) is 12.2 Å². The molecule has 0 aromatic heterocycles. The summed E-state index contributed by atoms with van der Waals surface area (Å²) in [7, 11) is 0. The fourth-order valence-electron chi connectivity index (χ4n) is 2.57. The van der Waals surface area contributed by atoms with Crippen LogP contribution in [0.5, 0.6) is 0 Å². The van der Waals surface area contributed by atoms with Gasteiger partial charge in [-0.25, -0.2) is 0 Å². The third-order valence-electron chi connectivity index (χ3n) is 3.79. The Hall–Kier alpha value is 0.0200. The van der Waals surface area contributed by atoms with E-state index in [0.717, 1.165) is 18.6 Å². The van der Waals surface area contributed by atoms with Crippen molar-refractivity contribution in [1.29, 1.82) is 0 Å². The zero-order valence-electron chi connectivity index (χ0n) is 11.9. The Morgan fingerprint density at radius 2 is 0.944 bits per heavy atom. The number of carbonyl (C=O) groups excluding carboxylic acids is 1. The van der Waals surface area contributed by atoms with E-state index in [1.165, 1.54) is 77.0 Å². The molecule has 0 unspecified atom stereocenters. The standard InChI is InChI=1S/C16H30OS/c17-16-14-12-10-8-6-4-2-1-3-5-7-9-11-13-15-18-16/h1-15H2. The molecule has 1 saturated heterocycles. The van der Waals surface area contributed by atoms with Crippen molar-refractivity contribution >= 4 is 16.9 Å². The third-order valence-corrected chi connectivity index (χ3v) is 4.81. The number of hydrogen-bond donors (Lipinski definition) is 0. The van der Waals surface area contributed by atoms with Crippen LogP contribution in [0, 0.1) is 0 Å². The van der Waals surface area contributed by atoms with Crippen molar-refractivity contribution in [3.05, 3.63) is 0 Å². The lowest BCUT2D eigenvalue weighted by molar-refractivity contribution is -0.111. The van der Waals surface area contributed by atoms with E-state index in [-0.39, 0.29) is 0 Å². The fraction of sp³-hybridized carbons (Fsp3) is 0.938. The molecule has 1 nitrogen and oxygen atoms in total. The Morgan fingerprint density at radius 3 is 1.44 bits per heavy atom. The molecule has 0 aliphatic carbocycles. The van der Waals surface area contributed by atoms with Crippen LogP contribution in [-0.4, -0.2) is 10.9 Å². The van der Waals surface area contributed by atoms with E-state index in [1.54, 1.807) is 11.8 Å². The molecular weight excluding hydrogens is 240 g/mol. The second-order valence-corrected chi connectivity index (χ2v) is 6.72. The van der Waals surface area contributed by atoms with Gasteiger partial charge in [0.2, 0.25) is 0 Å². The van der Waals surface area contributed by atoms with Crippen LogP contribution in [0.3, 0.4) is 0 Å². The van der Waals surface area contributed by atoms with Crippen LogP contribution in [0.1, 0.15) is 89.9 Å². The lowest BCUT2D eigenvalue weighted by Gasteiger charge is -2.02. The first-order valence-electron chi connectivity index (χ1n) is 8.05. The number of rotatable bonds is 0. The maximum atomic E-state index is 11.6. The lowest BCUT2D eigenvalue weighted by atomic mass is 10.0. The van der Waals surface area contributed by atoms with Crippen molar-refractivity contribution in [1.82, 2.24) is 0 Å². The van der Waals surface area contributed by atoms with Gasteiger partial charge in [-0.15, -0.1) is 0 Å². The van der Waals surface area contributed by atoms with E-state index in [0.29, 0.717) is 5.12 Å². The molecule has 0 radical (unpaired) electrons. The molecule has 0 atom stereocenters. The lowest BCUT2D eigenvalue weighted by Crippen LogP contribution is -1.94. The summed E-state index contributed by atoms with van der Waals surface area (Å²) in [6, 6.07) is 0. The van der Waals surface area contributed by atoms with Crippen LogP contribution < -0.4 is 0 Å². The molecule has 1 heterocycles. The molecule has 0 aromatic carbocycles. The second-order valence-electron chi connectivity index (χ2n) is 5.57. The minimum atomic E-state index is 0.430. The molecule has 1 aliphatic rings. The monoisotopic (exact) mass is 270 g/mol. The Bertz CT molecular complexity index is 183. The molecule has 2 heteroatoms. The van der Waals surface area contributed by atoms with Crippen molar-refractivity contribution in [2.45, 2.75) is 89.9 Å². The van der Waals surface area contributed by atoms with Crippen LogP contribution in [0.15, 0.2) is 0 Å². The number of hydrogen-bond acceptors (Lipinski definition) is 2. The highest BCUT2D eigenvalue weighted by molar-refractivity contribution is 8.13. The van der Waals surface area contributed by atoms with Gasteiger partial charge in [-0.1, -0.05) is 82.4 Å². The maximum absolute atomic E-state index is 11.6. The molecule has 1 aliphatic heterocycles.